The van der Waals surface area contributed by atoms with Gasteiger partial charge in [0.15, 0.2) is 0 Å². The maximum atomic E-state index is 10.8. The van der Waals surface area contributed by atoms with Crippen molar-refractivity contribution in [3.63, 3.8) is 0 Å². The van der Waals surface area contributed by atoms with Crippen LogP contribution in [0.3, 0.4) is 0 Å². The number of aromatic carboxylic acids is 3. The van der Waals surface area contributed by atoms with Crippen molar-refractivity contribution in [1.29, 1.82) is 0 Å². The fraction of sp³-hybridized carbons (Fsp3) is 0.340. The zero-order valence-electron chi connectivity index (χ0n) is 79.3. The molecule has 0 amide bonds. The van der Waals surface area contributed by atoms with E-state index in [-0.39, 0.29) is 66.9 Å². The second-order valence-electron chi connectivity index (χ2n) is 25.3. The molecule has 0 fully saturated rings. The SMILES string of the molecule is CC(=O)O.CI.COc1[c-]c(OC)ccc1.COc1cccc(OC)c1C.COc1cccc(OC)c1C.COc1cccc(OC)c1C.COc1cccc(OC)c1C(=O)O.COc1cccc(OC)c1C(=O)O.COc1cccc(OC)c1C(=O)O.C[CH-]C.Cc1cccc(C)c1N1C=CN(c2c(C(C)C)cccc2C(C)C)[CH-]1.O.[Au+].[Au+].[CH2-]CC.[CH2-]CC.[I][Au].[I][Au]. The van der Waals surface area contributed by atoms with E-state index in [1.54, 1.807) is 111 Å². The van der Waals surface area contributed by atoms with Crippen molar-refractivity contribution < 1.29 is 191 Å². The molecule has 32 heteroatoms. The molecular formula is C97H134Au4I3N2O23-3. The number of methoxy groups -OCH3 is 14. The number of alkyl halides is 1. The van der Waals surface area contributed by atoms with Gasteiger partial charge in [0.1, 0.15) is 85.7 Å². The summed E-state index contributed by atoms with van der Waals surface area (Å²) in [6.07, 6.45) is 8.34. The van der Waals surface area contributed by atoms with E-state index >= 15 is 0 Å². The molecule has 10 rings (SSSR count). The van der Waals surface area contributed by atoms with Crippen LogP contribution in [0.1, 0.15) is 157 Å². The quantitative estimate of drug-likeness (QED) is 0.0225. The Morgan fingerprint density at radius 2 is 0.543 bits per heavy atom. The van der Waals surface area contributed by atoms with Crippen LogP contribution >= 0.6 is 60.6 Å². The van der Waals surface area contributed by atoms with E-state index in [4.69, 9.17) is 91.5 Å². The van der Waals surface area contributed by atoms with Gasteiger partial charge in [-0.3, -0.25) is 4.79 Å². The molecule has 0 bridgehead atoms. The first-order valence-electron chi connectivity index (χ1n) is 38.6. The van der Waals surface area contributed by atoms with Gasteiger partial charge in [0.2, 0.25) is 0 Å². The third-order valence-electron chi connectivity index (χ3n) is 16.1. The summed E-state index contributed by atoms with van der Waals surface area (Å²) in [7, 11) is 21.6. The van der Waals surface area contributed by atoms with Crippen molar-refractivity contribution in [2.24, 2.45) is 0 Å². The summed E-state index contributed by atoms with van der Waals surface area (Å²) in [5.74, 6) is 5.33. The number of carboxylic acid groups (broad SMARTS) is 4. The Balaban J connectivity index is -0.000000213. The molecule has 0 radical (unpaired) electrons. The first-order chi connectivity index (χ1) is 60.2. The average Bonchev–Trinajstić information content (AvgIpc) is 1.66. The molecule has 0 saturated carbocycles. The zero-order valence-corrected chi connectivity index (χ0v) is 94.4. The number of anilines is 2. The van der Waals surface area contributed by atoms with Crippen molar-refractivity contribution in [3.05, 3.63) is 265 Å². The van der Waals surface area contributed by atoms with Gasteiger partial charge < -0.3 is 122 Å². The summed E-state index contributed by atoms with van der Waals surface area (Å²) in [6.45, 7) is 37.6. The van der Waals surface area contributed by atoms with Crippen LogP contribution in [0.2, 0.25) is 0 Å². The van der Waals surface area contributed by atoms with Gasteiger partial charge in [-0.2, -0.15) is 32.8 Å². The molecule has 9 aromatic carbocycles. The summed E-state index contributed by atoms with van der Waals surface area (Å²) in [5, 5.41) is 34.0. The van der Waals surface area contributed by atoms with Gasteiger partial charge in [0.05, 0.1) is 99.5 Å². The van der Waals surface area contributed by atoms with Gasteiger partial charge in [-0.25, -0.2) is 14.4 Å². The summed E-state index contributed by atoms with van der Waals surface area (Å²) in [4.78, 5) is 47.9. The molecule has 1 aliphatic rings. The molecule has 0 saturated heterocycles. The number of para-hydroxylation sites is 2. The molecule has 6 N–H and O–H groups in total. The van der Waals surface area contributed by atoms with Crippen LogP contribution in [-0.2, 0) is 84.1 Å². The third-order valence-corrected chi connectivity index (χ3v) is 16.1. The molecule has 0 aliphatic carbocycles. The van der Waals surface area contributed by atoms with Gasteiger partial charge in [-0.05, 0) is 159 Å². The summed E-state index contributed by atoms with van der Waals surface area (Å²) < 4.78 is 69.8. The second kappa shape index (κ2) is 84.8. The minimum atomic E-state index is -1.06. The van der Waals surface area contributed by atoms with Crippen LogP contribution < -0.4 is 76.1 Å². The number of carbonyl (C=O) groups is 4. The first-order valence-corrected chi connectivity index (χ1v) is 53.0. The average molecular weight is 2860 g/mol. The molecule has 0 atom stereocenters. The Morgan fingerprint density at radius 1 is 0.372 bits per heavy atom. The van der Waals surface area contributed by atoms with E-state index < -0.39 is 23.9 Å². The Morgan fingerprint density at radius 3 is 0.721 bits per heavy atom. The van der Waals surface area contributed by atoms with E-state index in [2.05, 4.69) is 222 Å². The van der Waals surface area contributed by atoms with E-state index in [0.717, 1.165) is 71.0 Å². The normalized spacial score (nSPS) is 9.46. The molecule has 1 aliphatic heterocycles. The van der Waals surface area contributed by atoms with E-state index in [1.165, 1.54) is 76.3 Å². The molecule has 129 heavy (non-hydrogen) atoms. The second-order valence-corrected chi connectivity index (χ2v) is 25.3. The van der Waals surface area contributed by atoms with Crippen molar-refractivity contribution in [3.8, 4) is 80.5 Å². The summed E-state index contributed by atoms with van der Waals surface area (Å²) in [6, 6.07) is 53.3. The van der Waals surface area contributed by atoms with Gasteiger partial charge in [0.25, 0.3) is 5.97 Å². The molecule has 9 aromatic rings. The number of ether oxygens (including phenoxy) is 14. The molecule has 0 spiro atoms. The molecule has 0 unspecified atom stereocenters. The molecule has 738 valence electrons. The summed E-state index contributed by atoms with van der Waals surface area (Å²) >= 11 is 10.8. The van der Waals surface area contributed by atoms with Crippen LogP contribution in [0.5, 0.6) is 80.5 Å². The molecular weight excluding hydrogens is 2730 g/mol. The van der Waals surface area contributed by atoms with Crippen LogP contribution in [0.4, 0.5) is 11.4 Å². The number of halogens is 3. The third kappa shape index (κ3) is 52.5. The Bertz CT molecular complexity index is 4000. The van der Waals surface area contributed by atoms with Gasteiger partial charge in [-0.15, -0.1) is 18.8 Å². The minimum absolute atomic E-state index is 0. The fourth-order valence-electron chi connectivity index (χ4n) is 10.6. The van der Waals surface area contributed by atoms with Crippen molar-refractivity contribution >= 4 is 95.9 Å². The first kappa shape index (κ1) is 137. The maximum absolute atomic E-state index is 10.8. The van der Waals surface area contributed by atoms with Gasteiger partial charge in [0, 0.05) is 46.5 Å². The number of carboxylic acids is 4. The van der Waals surface area contributed by atoms with Crippen molar-refractivity contribution in [2.75, 3.05) is 114 Å². The number of rotatable bonds is 21. The monoisotopic (exact) mass is 2860 g/mol. The van der Waals surface area contributed by atoms with Crippen LogP contribution in [0.15, 0.2) is 176 Å². The van der Waals surface area contributed by atoms with Gasteiger partial charge in [-0.1, -0.05) is 143 Å². The van der Waals surface area contributed by atoms with E-state index in [9.17, 15) is 14.4 Å². The fourth-order valence-corrected chi connectivity index (χ4v) is 10.6. The molecule has 25 nitrogen and oxygen atoms in total. The predicted molar refractivity (Wildman–Crippen MR) is 532 cm³/mol. The zero-order chi connectivity index (χ0) is 97.6. The topological polar surface area (TPSA) is 316 Å². The number of nitrogens with zero attached hydrogens (tertiary/aromatic N) is 2. The Hall–Kier alpha value is -7.49. The van der Waals surface area contributed by atoms with Crippen LogP contribution in [0.25, 0.3) is 0 Å². The van der Waals surface area contributed by atoms with Crippen LogP contribution in [0, 0.1) is 67.6 Å². The standard InChI is InChI=1S/C23H29N2.3C9H10O4.3C9H12O2.C8H9O2.3C3H7.C2H4O2.CH3I.4Au.2HI.H2O/c1-16(2)20-11-8-12-21(17(3)4)23(20)25-14-13-24(15-25)22-18(5)9-7-10-19(22)6;3*1-12-6-4-3-5-7(13-2)8(6)9(10)11;3*1-7-8(10-2)5-4-6-9(7)11-3;1-9-7-4-3-5-8(6-7)10-2;3*1-3-2;1-2(3)4;1-2;;;;;;;/h7-17H,1-6H3;3*3-5H,1-2H3,(H,10,11);3*4-6H,1-3H3;3-5H,1-2H3;3H,1-2H3;2*1,3H2,2H3;1H3,(H,3,4);1H3;;;;;2*1H;1H2/q-1;;;;;;;4*-1;;;4*+1;;;/p-2. The molecule has 0 aromatic heterocycles. The van der Waals surface area contributed by atoms with Crippen molar-refractivity contribution in [2.45, 2.75) is 122 Å². The van der Waals surface area contributed by atoms with E-state index in [1.807, 2.05) is 133 Å². The Kier molecular flexibility index (Phi) is 90.0. The Labute approximate surface area is 858 Å². The number of aliphatic carboxylic acids is 1. The summed E-state index contributed by atoms with van der Waals surface area (Å²) in [5.41, 5.74) is 11.3. The van der Waals surface area contributed by atoms with Crippen molar-refractivity contribution in [1.82, 2.24) is 0 Å². The number of hydrogen-bond donors (Lipinski definition) is 4. The molecule has 1 heterocycles. The predicted octanol–water partition coefficient (Wildman–Crippen LogP) is 24.0. The van der Waals surface area contributed by atoms with Gasteiger partial charge >= 0.3 is 135 Å². The number of aryl methyl sites for hydroxylation is 2. The number of hydrogen-bond acceptors (Lipinski definition) is 20. The van der Waals surface area contributed by atoms with E-state index in [0.29, 0.717) is 57.8 Å². The number of benzene rings is 9. The van der Waals surface area contributed by atoms with Crippen LogP contribution in [-0.4, -0.2) is 154 Å².